The molecular weight excluding hydrogens is 272 g/mol. The van der Waals surface area contributed by atoms with E-state index < -0.39 is 5.76 Å². The average molecular weight is 290 g/mol. The normalized spacial score (nSPS) is 18.8. The highest BCUT2D eigenvalue weighted by Gasteiger charge is 2.18. The van der Waals surface area contributed by atoms with Crippen molar-refractivity contribution in [3.63, 3.8) is 0 Å². The van der Waals surface area contributed by atoms with E-state index in [4.69, 9.17) is 9.15 Å². The number of anilines is 1. The molecule has 1 fully saturated rings. The molecule has 21 heavy (non-hydrogen) atoms. The summed E-state index contributed by atoms with van der Waals surface area (Å²) in [7, 11) is 1.65. The van der Waals surface area contributed by atoms with E-state index in [9.17, 15) is 9.59 Å². The number of fused-ring (bicyclic) bond motifs is 1. The quantitative estimate of drug-likeness (QED) is 0.938. The van der Waals surface area contributed by atoms with Gasteiger partial charge in [0.2, 0.25) is 5.91 Å². The Kier molecular flexibility index (Phi) is 3.79. The zero-order chi connectivity index (χ0) is 14.8. The molecule has 0 radical (unpaired) electrons. The molecule has 3 rings (SSSR count). The molecule has 1 N–H and O–H groups in total. The molecule has 112 valence electrons. The Balaban J connectivity index is 1.69. The van der Waals surface area contributed by atoms with Crippen LogP contribution in [0.25, 0.3) is 11.1 Å². The van der Waals surface area contributed by atoms with Crippen molar-refractivity contribution in [2.75, 3.05) is 11.9 Å². The van der Waals surface area contributed by atoms with Gasteiger partial charge in [-0.05, 0) is 31.4 Å². The molecule has 6 heteroatoms. The Morgan fingerprint density at radius 3 is 3.05 bits per heavy atom. The predicted octanol–water partition coefficient (Wildman–Crippen LogP) is 2.03. The summed E-state index contributed by atoms with van der Waals surface area (Å²) in [5.41, 5.74) is 1.79. The maximum atomic E-state index is 12.0. The Hall–Kier alpha value is -2.08. The SMILES string of the molecule is Cn1c(=O)oc2cc(NC(=O)CC3CCCCO3)ccc21. The zero-order valence-electron chi connectivity index (χ0n) is 11.9. The minimum atomic E-state index is -0.413. The summed E-state index contributed by atoms with van der Waals surface area (Å²) in [6.07, 6.45) is 3.48. The standard InChI is InChI=1S/C15H18N2O4/c1-17-12-6-5-10(8-13(12)21-15(17)19)16-14(18)9-11-4-2-3-7-20-11/h5-6,8,11H,2-4,7,9H2,1H3,(H,16,18). The lowest BCUT2D eigenvalue weighted by Crippen LogP contribution is -2.25. The number of carbonyl (C=O) groups excluding carboxylic acids is 1. The molecule has 2 heterocycles. The first-order chi connectivity index (χ1) is 10.1. The van der Waals surface area contributed by atoms with Crippen molar-refractivity contribution in [3.05, 3.63) is 28.7 Å². The van der Waals surface area contributed by atoms with Gasteiger partial charge in [0.25, 0.3) is 0 Å². The topological polar surface area (TPSA) is 73.5 Å². The first-order valence-corrected chi connectivity index (χ1v) is 7.14. The van der Waals surface area contributed by atoms with Crippen molar-refractivity contribution in [2.45, 2.75) is 31.8 Å². The van der Waals surface area contributed by atoms with E-state index in [1.54, 1.807) is 25.2 Å². The van der Waals surface area contributed by atoms with Gasteiger partial charge in [0.05, 0.1) is 18.0 Å². The van der Waals surface area contributed by atoms with Gasteiger partial charge in [-0.2, -0.15) is 0 Å². The van der Waals surface area contributed by atoms with Gasteiger partial charge in [-0.25, -0.2) is 4.79 Å². The Bertz CT molecular complexity index is 710. The minimum absolute atomic E-state index is 0.0112. The van der Waals surface area contributed by atoms with Crippen LogP contribution in [0.1, 0.15) is 25.7 Å². The molecule has 1 aromatic carbocycles. The number of aromatic nitrogens is 1. The van der Waals surface area contributed by atoms with Crippen LogP contribution in [0.3, 0.4) is 0 Å². The number of ether oxygens (including phenoxy) is 1. The van der Waals surface area contributed by atoms with Crippen molar-refractivity contribution in [2.24, 2.45) is 7.05 Å². The summed E-state index contributed by atoms with van der Waals surface area (Å²) in [5, 5.41) is 2.82. The molecule has 1 atom stereocenters. The summed E-state index contributed by atoms with van der Waals surface area (Å²) < 4.78 is 12.1. The lowest BCUT2D eigenvalue weighted by Gasteiger charge is -2.21. The van der Waals surface area contributed by atoms with Crippen molar-refractivity contribution in [1.82, 2.24) is 4.57 Å². The molecule has 0 saturated carbocycles. The fourth-order valence-electron chi connectivity index (χ4n) is 2.60. The smallest absolute Gasteiger partial charge is 0.408 e. The maximum absolute atomic E-state index is 12.0. The summed E-state index contributed by atoms with van der Waals surface area (Å²) in [6.45, 7) is 0.735. The number of rotatable bonds is 3. The van der Waals surface area contributed by atoms with Crippen LogP contribution < -0.4 is 11.1 Å². The molecule has 2 aromatic rings. The third kappa shape index (κ3) is 3.00. The van der Waals surface area contributed by atoms with E-state index in [1.807, 2.05) is 0 Å². The number of hydrogen-bond donors (Lipinski definition) is 1. The van der Waals surface area contributed by atoms with E-state index in [2.05, 4.69) is 5.32 Å². The van der Waals surface area contributed by atoms with Crippen LogP contribution in [0.4, 0.5) is 5.69 Å². The second-order valence-corrected chi connectivity index (χ2v) is 5.35. The minimum Gasteiger partial charge on any atom is -0.408 e. The monoisotopic (exact) mass is 290 g/mol. The van der Waals surface area contributed by atoms with Crippen molar-refractivity contribution < 1.29 is 13.9 Å². The number of benzene rings is 1. The number of oxazole rings is 1. The van der Waals surface area contributed by atoms with E-state index in [-0.39, 0.29) is 12.0 Å². The lowest BCUT2D eigenvalue weighted by molar-refractivity contribution is -0.119. The first-order valence-electron chi connectivity index (χ1n) is 7.14. The van der Waals surface area contributed by atoms with Gasteiger partial charge < -0.3 is 14.5 Å². The van der Waals surface area contributed by atoms with Crippen LogP contribution in [-0.4, -0.2) is 23.2 Å². The van der Waals surface area contributed by atoms with Gasteiger partial charge in [-0.1, -0.05) is 0 Å². The number of amides is 1. The molecule has 0 spiro atoms. The predicted molar refractivity (Wildman–Crippen MR) is 78.3 cm³/mol. The third-order valence-corrected chi connectivity index (χ3v) is 3.76. The highest BCUT2D eigenvalue weighted by atomic mass is 16.5. The molecule has 0 aliphatic carbocycles. The fourth-order valence-corrected chi connectivity index (χ4v) is 2.60. The van der Waals surface area contributed by atoms with Crippen LogP contribution in [0.5, 0.6) is 0 Å². The van der Waals surface area contributed by atoms with E-state index in [0.29, 0.717) is 23.2 Å². The second-order valence-electron chi connectivity index (χ2n) is 5.35. The van der Waals surface area contributed by atoms with Gasteiger partial charge in [0.15, 0.2) is 5.58 Å². The molecule has 1 aliphatic rings. The lowest BCUT2D eigenvalue weighted by atomic mass is 10.1. The Labute approximate surface area is 121 Å². The van der Waals surface area contributed by atoms with Gasteiger partial charge in [0, 0.05) is 25.4 Å². The van der Waals surface area contributed by atoms with Crippen LogP contribution in [0.2, 0.25) is 0 Å². The second kappa shape index (κ2) is 5.73. The molecule has 1 aliphatic heterocycles. The molecule has 1 saturated heterocycles. The highest BCUT2D eigenvalue weighted by molar-refractivity contribution is 5.93. The molecular formula is C15H18N2O4. The summed E-state index contributed by atoms with van der Waals surface area (Å²) >= 11 is 0. The van der Waals surface area contributed by atoms with Crippen LogP contribution in [-0.2, 0) is 16.6 Å². The van der Waals surface area contributed by atoms with Gasteiger partial charge in [-0.3, -0.25) is 9.36 Å². The summed E-state index contributed by atoms with van der Waals surface area (Å²) in [6, 6.07) is 5.18. The number of aryl methyl sites for hydroxylation is 1. The van der Waals surface area contributed by atoms with Crippen molar-refractivity contribution >= 4 is 22.7 Å². The van der Waals surface area contributed by atoms with Gasteiger partial charge in [-0.15, -0.1) is 0 Å². The summed E-state index contributed by atoms with van der Waals surface area (Å²) in [4.78, 5) is 23.4. The Morgan fingerprint density at radius 2 is 2.29 bits per heavy atom. The zero-order valence-corrected chi connectivity index (χ0v) is 11.9. The highest BCUT2D eigenvalue weighted by Crippen LogP contribution is 2.19. The van der Waals surface area contributed by atoms with Crippen LogP contribution >= 0.6 is 0 Å². The van der Waals surface area contributed by atoms with Crippen LogP contribution in [0, 0.1) is 0 Å². The third-order valence-electron chi connectivity index (χ3n) is 3.76. The first kappa shape index (κ1) is 13.9. The van der Waals surface area contributed by atoms with Crippen LogP contribution in [0.15, 0.2) is 27.4 Å². The van der Waals surface area contributed by atoms with E-state index in [0.717, 1.165) is 25.9 Å². The van der Waals surface area contributed by atoms with Crippen molar-refractivity contribution in [1.29, 1.82) is 0 Å². The van der Waals surface area contributed by atoms with Gasteiger partial charge >= 0.3 is 5.76 Å². The molecule has 1 unspecified atom stereocenters. The maximum Gasteiger partial charge on any atom is 0.419 e. The van der Waals surface area contributed by atoms with E-state index in [1.165, 1.54) is 4.57 Å². The number of nitrogens with one attached hydrogen (secondary N) is 1. The van der Waals surface area contributed by atoms with Gasteiger partial charge in [0.1, 0.15) is 0 Å². The van der Waals surface area contributed by atoms with E-state index >= 15 is 0 Å². The molecule has 6 nitrogen and oxygen atoms in total. The number of hydrogen-bond acceptors (Lipinski definition) is 4. The largest absolute Gasteiger partial charge is 0.419 e. The molecule has 0 bridgehead atoms. The fraction of sp³-hybridized carbons (Fsp3) is 0.467. The number of nitrogens with zero attached hydrogens (tertiary/aromatic N) is 1. The average Bonchev–Trinajstić information content (AvgIpc) is 2.74. The summed E-state index contributed by atoms with van der Waals surface area (Å²) in [5.74, 6) is -0.497. The molecule has 1 aromatic heterocycles. The van der Waals surface area contributed by atoms with Crippen molar-refractivity contribution in [3.8, 4) is 0 Å². The number of carbonyl (C=O) groups is 1. The Morgan fingerprint density at radius 1 is 1.43 bits per heavy atom. The molecule has 1 amide bonds.